The number of nitrogens with two attached hydrogens (primary N) is 1. The van der Waals surface area contributed by atoms with E-state index in [1.807, 2.05) is 0 Å². The van der Waals surface area contributed by atoms with Crippen molar-refractivity contribution in [2.24, 2.45) is 5.73 Å². The predicted octanol–water partition coefficient (Wildman–Crippen LogP) is 0.813. The van der Waals surface area contributed by atoms with Gasteiger partial charge in [0.25, 0.3) is 0 Å². The second kappa shape index (κ2) is 5.98. The van der Waals surface area contributed by atoms with Crippen LogP contribution in [0.15, 0.2) is 0 Å². The fourth-order valence-electron chi connectivity index (χ4n) is 1.83. The molecule has 1 atom stereocenters. The summed E-state index contributed by atoms with van der Waals surface area (Å²) in [5.41, 5.74) is 5.32. The van der Waals surface area contributed by atoms with Gasteiger partial charge in [-0.2, -0.15) is 0 Å². The van der Waals surface area contributed by atoms with Gasteiger partial charge in [0.2, 0.25) is 0 Å². The van der Waals surface area contributed by atoms with Crippen molar-refractivity contribution in [1.82, 2.24) is 4.90 Å². The molecule has 0 aliphatic carbocycles. The molecule has 14 heavy (non-hydrogen) atoms. The van der Waals surface area contributed by atoms with E-state index in [-0.39, 0.29) is 0 Å². The van der Waals surface area contributed by atoms with Gasteiger partial charge in [0.05, 0.1) is 19.0 Å². The molecule has 3 N–H and O–H groups in total. The third kappa shape index (κ3) is 3.64. The molecule has 0 bridgehead atoms. The SMILES string of the molecule is CCC1COCCN1CCCC(=N)N. The zero-order valence-corrected chi connectivity index (χ0v) is 8.96. The highest BCUT2D eigenvalue weighted by atomic mass is 16.5. The van der Waals surface area contributed by atoms with Gasteiger partial charge in [0.15, 0.2) is 0 Å². The summed E-state index contributed by atoms with van der Waals surface area (Å²) >= 11 is 0. The van der Waals surface area contributed by atoms with Crippen molar-refractivity contribution in [3.05, 3.63) is 0 Å². The van der Waals surface area contributed by atoms with Crippen LogP contribution in [0.5, 0.6) is 0 Å². The van der Waals surface area contributed by atoms with Gasteiger partial charge in [0.1, 0.15) is 0 Å². The quantitative estimate of drug-likeness (QED) is 0.509. The van der Waals surface area contributed by atoms with Gasteiger partial charge in [-0.3, -0.25) is 10.3 Å². The Bertz CT molecular complexity index is 184. The van der Waals surface area contributed by atoms with Crippen LogP contribution in [-0.2, 0) is 4.74 Å². The van der Waals surface area contributed by atoms with Crippen molar-refractivity contribution in [2.45, 2.75) is 32.2 Å². The van der Waals surface area contributed by atoms with Crippen LogP contribution in [0.1, 0.15) is 26.2 Å². The lowest BCUT2D eigenvalue weighted by molar-refractivity contribution is -0.00869. The van der Waals surface area contributed by atoms with Crippen molar-refractivity contribution in [2.75, 3.05) is 26.3 Å². The molecular weight excluding hydrogens is 178 g/mol. The van der Waals surface area contributed by atoms with E-state index in [2.05, 4.69) is 11.8 Å². The molecular formula is C10H21N3O. The zero-order chi connectivity index (χ0) is 10.4. The van der Waals surface area contributed by atoms with E-state index >= 15 is 0 Å². The average molecular weight is 199 g/mol. The summed E-state index contributed by atoms with van der Waals surface area (Å²) in [6, 6.07) is 0.565. The molecule has 4 heteroatoms. The van der Waals surface area contributed by atoms with E-state index in [4.69, 9.17) is 15.9 Å². The van der Waals surface area contributed by atoms with Gasteiger partial charge in [-0.25, -0.2) is 0 Å². The Morgan fingerprint density at radius 2 is 2.43 bits per heavy atom. The lowest BCUT2D eigenvalue weighted by Gasteiger charge is -2.34. The molecule has 0 aromatic rings. The van der Waals surface area contributed by atoms with Gasteiger partial charge in [0, 0.05) is 19.0 Å². The number of amidine groups is 1. The zero-order valence-electron chi connectivity index (χ0n) is 8.96. The number of nitrogens with zero attached hydrogens (tertiary/aromatic N) is 1. The van der Waals surface area contributed by atoms with Gasteiger partial charge >= 0.3 is 0 Å². The molecule has 1 aliphatic rings. The molecule has 1 saturated heterocycles. The Labute approximate surface area is 85.9 Å². The minimum Gasteiger partial charge on any atom is -0.388 e. The highest BCUT2D eigenvalue weighted by molar-refractivity contribution is 5.76. The normalized spacial score (nSPS) is 23.6. The summed E-state index contributed by atoms with van der Waals surface area (Å²) in [7, 11) is 0. The largest absolute Gasteiger partial charge is 0.388 e. The Morgan fingerprint density at radius 1 is 1.64 bits per heavy atom. The van der Waals surface area contributed by atoms with Crippen molar-refractivity contribution < 1.29 is 4.74 Å². The van der Waals surface area contributed by atoms with E-state index < -0.39 is 0 Å². The van der Waals surface area contributed by atoms with Crippen LogP contribution in [0.3, 0.4) is 0 Å². The Morgan fingerprint density at radius 3 is 3.07 bits per heavy atom. The lowest BCUT2D eigenvalue weighted by Crippen LogP contribution is -2.45. The van der Waals surface area contributed by atoms with Crippen LogP contribution >= 0.6 is 0 Å². The first-order valence-electron chi connectivity index (χ1n) is 5.38. The van der Waals surface area contributed by atoms with E-state index in [9.17, 15) is 0 Å². The molecule has 0 spiro atoms. The van der Waals surface area contributed by atoms with Crippen LogP contribution < -0.4 is 5.73 Å². The first kappa shape index (κ1) is 11.5. The second-order valence-corrected chi connectivity index (χ2v) is 3.80. The first-order valence-corrected chi connectivity index (χ1v) is 5.38. The molecule has 0 saturated carbocycles. The molecule has 0 aromatic heterocycles. The van der Waals surface area contributed by atoms with Crippen molar-refractivity contribution in [1.29, 1.82) is 5.41 Å². The van der Waals surface area contributed by atoms with Gasteiger partial charge in [-0.15, -0.1) is 0 Å². The van der Waals surface area contributed by atoms with E-state index in [0.717, 1.165) is 39.1 Å². The molecule has 0 amide bonds. The molecule has 1 aliphatic heterocycles. The van der Waals surface area contributed by atoms with Crippen LogP contribution in [0, 0.1) is 5.41 Å². The highest BCUT2D eigenvalue weighted by Crippen LogP contribution is 2.10. The molecule has 1 unspecified atom stereocenters. The van der Waals surface area contributed by atoms with Crippen LogP contribution in [0.4, 0.5) is 0 Å². The number of nitrogens with one attached hydrogen (secondary N) is 1. The Kier molecular flexibility index (Phi) is 4.90. The maximum Gasteiger partial charge on any atom is 0.0905 e. The fraction of sp³-hybridized carbons (Fsp3) is 0.900. The number of ether oxygens (including phenoxy) is 1. The predicted molar refractivity (Wildman–Crippen MR) is 57.6 cm³/mol. The van der Waals surface area contributed by atoms with E-state index in [0.29, 0.717) is 18.3 Å². The Balaban J connectivity index is 2.22. The van der Waals surface area contributed by atoms with Crippen molar-refractivity contribution >= 4 is 5.84 Å². The Hall–Kier alpha value is -0.610. The summed E-state index contributed by atoms with van der Waals surface area (Å²) in [6.45, 7) is 5.96. The summed E-state index contributed by atoms with van der Waals surface area (Å²) in [6.07, 6.45) is 2.85. The first-order chi connectivity index (χ1) is 6.74. The minimum atomic E-state index is 0.298. The summed E-state index contributed by atoms with van der Waals surface area (Å²) in [4.78, 5) is 2.45. The topological polar surface area (TPSA) is 62.3 Å². The van der Waals surface area contributed by atoms with E-state index in [1.54, 1.807) is 0 Å². The standard InChI is InChI=1S/C10H21N3O/c1-2-9-8-14-7-6-13(9)5-3-4-10(11)12/h9H,2-8H2,1H3,(H3,11,12). The third-order valence-corrected chi connectivity index (χ3v) is 2.71. The molecule has 1 fully saturated rings. The monoisotopic (exact) mass is 199 g/mol. The molecule has 1 heterocycles. The number of hydrogen-bond acceptors (Lipinski definition) is 3. The minimum absolute atomic E-state index is 0.298. The molecule has 0 aromatic carbocycles. The molecule has 82 valence electrons. The van der Waals surface area contributed by atoms with Gasteiger partial charge < -0.3 is 10.5 Å². The smallest absolute Gasteiger partial charge is 0.0905 e. The van der Waals surface area contributed by atoms with Gasteiger partial charge in [-0.05, 0) is 19.4 Å². The van der Waals surface area contributed by atoms with E-state index in [1.165, 1.54) is 0 Å². The van der Waals surface area contributed by atoms with Gasteiger partial charge in [-0.1, -0.05) is 6.92 Å². The maximum absolute atomic E-state index is 7.14. The van der Waals surface area contributed by atoms with Crippen LogP contribution in [-0.4, -0.2) is 43.1 Å². The number of morpholine rings is 1. The summed E-state index contributed by atoms with van der Waals surface area (Å²) in [5, 5.41) is 7.14. The number of rotatable bonds is 5. The highest BCUT2D eigenvalue weighted by Gasteiger charge is 2.20. The van der Waals surface area contributed by atoms with Crippen LogP contribution in [0.25, 0.3) is 0 Å². The van der Waals surface area contributed by atoms with Crippen LogP contribution in [0.2, 0.25) is 0 Å². The molecule has 4 nitrogen and oxygen atoms in total. The number of hydrogen-bond donors (Lipinski definition) is 2. The summed E-state index contributed by atoms with van der Waals surface area (Å²) < 4.78 is 5.42. The molecule has 1 rings (SSSR count). The molecule has 0 radical (unpaired) electrons. The third-order valence-electron chi connectivity index (χ3n) is 2.71. The van der Waals surface area contributed by atoms with Crippen molar-refractivity contribution in [3.8, 4) is 0 Å². The average Bonchev–Trinajstić information content (AvgIpc) is 2.18. The van der Waals surface area contributed by atoms with Crippen molar-refractivity contribution in [3.63, 3.8) is 0 Å². The lowest BCUT2D eigenvalue weighted by atomic mass is 10.1. The second-order valence-electron chi connectivity index (χ2n) is 3.80. The maximum atomic E-state index is 7.14. The summed E-state index contributed by atoms with van der Waals surface area (Å²) in [5.74, 6) is 0.298. The fourth-order valence-corrected chi connectivity index (χ4v) is 1.83.